The maximum Gasteiger partial charge on any atom is 0.0459 e. The van der Waals surface area contributed by atoms with Crippen molar-refractivity contribution in [1.82, 2.24) is 0 Å². The highest BCUT2D eigenvalue weighted by molar-refractivity contribution is 6.31. The first kappa shape index (κ1) is 16.6. The van der Waals surface area contributed by atoms with Gasteiger partial charge in [-0.25, -0.2) is 0 Å². The Labute approximate surface area is 134 Å². The van der Waals surface area contributed by atoms with Gasteiger partial charge in [-0.2, -0.15) is 0 Å². The summed E-state index contributed by atoms with van der Waals surface area (Å²) < 4.78 is 0. The van der Waals surface area contributed by atoms with Crippen LogP contribution in [0, 0.1) is 11.3 Å². The number of rotatable bonds is 3. The standard InChI is InChI=1S/C18H29ClN2/c1-18(2,3)15-5-4-11-21(12-9-15)16-7-6-14(8-10-20)17(19)13-16/h6-7,13,15H,4-5,8-12,20H2,1-3H3. The Kier molecular flexibility index (Phi) is 5.56. The van der Waals surface area contributed by atoms with E-state index in [-0.39, 0.29) is 0 Å². The number of hydrogen-bond donors (Lipinski definition) is 1. The molecule has 0 radical (unpaired) electrons. The topological polar surface area (TPSA) is 29.3 Å². The van der Waals surface area contributed by atoms with Crippen LogP contribution in [0.1, 0.15) is 45.6 Å². The molecule has 1 aliphatic rings. The summed E-state index contributed by atoms with van der Waals surface area (Å²) in [5.41, 5.74) is 8.45. The third-order valence-corrected chi connectivity index (χ3v) is 5.12. The molecular weight excluding hydrogens is 280 g/mol. The van der Waals surface area contributed by atoms with Gasteiger partial charge in [0.05, 0.1) is 0 Å². The van der Waals surface area contributed by atoms with Gasteiger partial charge in [0, 0.05) is 23.8 Å². The van der Waals surface area contributed by atoms with Gasteiger partial charge in [0.1, 0.15) is 0 Å². The van der Waals surface area contributed by atoms with E-state index >= 15 is 0 Å². The molecule has 2 nitrogen and oxygen atoms in total. The lowest BCUT2D eigenvalue weighted by atomic mass is 9.77. The van der Waals surface area contributed by atoms with Crippen LogP contribution < -0.4 is 10.6 Å². The molecular formula is C18H29ClN2. The summed E-state index contributed by atoms with van der Waals surface area (Å²) in [6.07, 6.45) is 4.72. The second kappa shape index (κ2) is 7.02. The van der Waals surface area contributed by atoms with Crippen LogP contribution in [0.25, 0.3) is 0 Å². The van der Waals surface area contributed by atoms with E-state index in [0.717, 1.165) is 36.0 Å². The summed E-state index contributed by atoms with van der Waals surface area (Å²) in [6.45, 7) is 10.0. The number of hydrogen-bond acceptors (Lipinski definition) is 2. The summed E-state index contributed by atoms with van der Waals surface area (Å²) in [7, 11) is 0. The second-order valence-electron chi connectivity index (χ2n) is 7.30. The largest absolute Gasteiger partial charge is 0.371 e. The van der Waals surface area contributed by atoms with Gasteiger partial charge < -0.3 is 10.6 Å². The lowest BCUT2D eigenvalue weighted by Crippen LogP contribution is -2.26. The fourth-order valence-corrected chi connectivity index (χ4v) is 3.58. The van der Waals surface area contributed by atoms with Crippen molar-refractivity contribution in [1.29, 1.82) is 0 Å². The zero-order valence-corrected chi connectivity index (χ0v) is 14.4. The zero-order chi connectivity index (χ0) is 15.5. The van der Waals surface area contributed by atoms with E-state index in [2.05, 4.69) is 43.9 Å². The van der Waals surface area contributed by atoms with Crippen molar-refractivity contribution in [2.24, 2.45) is 17.1 Å². The molecule has 0 aromatic heterocycles. The quantitative estimate of drug-likeness (QED) is 0.891. The number of benzene rings is 1. The van der Waals surface area contributed by atoms with Crippen LogP contribution >= 0.6 is 11.6 Å². The van der Waals surface area contributed by atoms with Gasteiger partial charge in [-0.05, 0) is 61.3 Å². The highest BCUT2D eigenvalue weighted by Crippen LogP contribution is 2.35. The number of anilines is 1. The summed E-state index contributed by atoms with van der Waals surface area (Å²) in [5, 5.41) is 0.856. The van der Waals surface area contributed by atoms with Crippen LogP contribution in [-0.4, -0.2) is 19.6 Å². The first-order chi connectivity index (χ1) is 9.91. The van der Waals surface area contributed by atoms with Crippen molar-refractivity contribution in [3.05, 3.63) is 28.8 Å². The molecule has 1 fully saturated rings. The lowest BCUT2D eigenvalue weighted by molar-refractivity contribution is 0.220. The summed E-state index contributed by atoms with van der Waals surface area (Å²) >= 11 is 6.39. The molecule has 2 rings (SSSR count). The van der Waals surface area contributed by atoms with Gasteiger partial charge in [-0.15, -0.1) is 0 Å². The molecule has 1 aromatic rings. The third-order valence-electron chi connectivity index (χ3n) is 4.77. The molecule has 1 heterocycles. The summed E-state index contributed by atoms with van der Waals surface area (Å²) in [5.74, 6) is 0.814. The van der Waals surface area contributed by atoms with Gasteiger partial charge >= 0.3 is 0 Å². The van der Waals surface area contributed by atoms with Crippen molar-refractivity contribution in [2.45, 2.75) is 46.5 Å². The van der Waals surface area contributed by atoms with Crippen LogP contribution in [0.5, 0.6) is 0 Å². The SMILES string of the molecule is CC(C)(C)C1CCCN(c2ccc(CCN)c(Cl)c2)CC1. The first-order valence-corrected chi connectivity index (χ1v) is 8.53. The monoisotopic (exact) mass is 308 g/mol. The predicted molar refractivity (Wildman–Crippen MR) is 93.2 cm³/mol. The van der Waals surface area contributed by atoms with Gasteiger partial charge in [0.25, 0.3) is 0 Å². The Morgan fingerprint density at radius 1 is 1.24 bits per heavy atom. The van der Waals surface area contributed by atoms with Gasteiger partial charge in [-0.3, -0.25) is 0 Å². The smallest absolute Gasteiger partial charge is 0.0459 e. The van der Waals surface area contributed by atoms with Crippen LogP contribution in [-0.2, 0) is 6.42 Å². The van der Waals surface area contributed by atoms with Crippen LogP contribution in [0.15, 0.2) is 18.2 Å². The molecule has 21 heavy (non-hydrogen) atoms. The molecule has 3 heteroatoms. The van der Waals surface area contributed by atoms with Gasteiger partial charge in [0.2, 0.25) is 0 Å². The normalized spacial score (nSPS) is 20.4. The predicted octanol–water partition coefficient (Wildman–Crippen LogP) is 4.49. The zero-order valence-electron chi connectivity index (χ0n) is 13.7. The van der Waals surface area contributed by atoms with E-state index in [9.17, 15) is 0 Å². The number of nitrogens with zero attached hydrogens (tertiary/aromatic N) is 1. The van der Waals surface area contributed by atoms with E-state index in [1.54, 1.807) is 0 Å². The van der Waals surface area contributed by atoms with E-state index < -0.39 is 0 Å². The minimum Gasteiger partial charge on any atom is -0.371 e. The highest BCUT2D eigenvalue weighted by atomic mass is 35.5. The maximum atomic E-state index is 6.39. The van der Waals surface area contributed by atoms with Crippen molar-refractivity contribution in [3.63, 3.8) is 0 Å². The molecule has 0 saturated carbocycles. The van der Waals surface area contributed by atoms with E-state index in [1.165, 1.54) is 24.9 Å². The minimum absolute atomic E-state index is 0.415. The number of halogens is 1. The fourth-order valence-electron chi connectivity index (χ4n) is 3.31. The van der Waals surface area contributed by atoms with Crippen LogP contribution in [0.3, 0.4) is 0 Å². The summed E-state index contributed by atoms with van der Waals surface area (Å²) in [4.78, 5) is 2.49. The first-order valence-electron chi connectivity index (χ1n) is 8.15. The Bertz CT molecular complexity index is 465. The van der Waals surface area contributed by atoms with E-state index in [0.29, 0.717) is 12.0 Å². The van der Waals surface area contributed by atoms with Crippen molar-refractivity contribution >= 4 is 17.3 Å². The highest BCUT2D eigenvalue weighted by Gasteiger charge is 2.27. The summed E-state index contributed by atoms with van der Waals surface area (Å²) in [6, 6.07) is 6.45. The molecule has 1 aliphatic heterocycles. The average molecular weight is 309 g/mol. The molecule has 1 atom stereocenters. The van der Waals surface area contributed by atoms with Crippen LogP contribution in [0.2, 0.25) is 5.02 Å². The molecule has 0 bridgehead atoms. The molecule has 0 amide bonds. The van der Waals surface area contributed by atoms with Crippen molar-refractivity contribution < 1.29 is 0 Å². The van der Waals surface area contributed by atoms with Gasteiger partial charge in [0.15, 0.2) is 0 Å². The molecule has 1 aromatic carbocycles. The van der Waals surface area contributed by atoms with Crippen molar-refractivity contribution in [2.75, 3.05) is 24.5 Å². The van der Waals surface area contributed by atoms with Crippen molar-refractivity contribution in [3.8, 4) is 0 Å². The van der Waals surface area contributed by atoms with Gasteiger partial charge in [-0.1, -0.05) is 38.4 Å². The fraction of sp³-hybridized carbons (Fsp3) is 0.667. The Hall–Kier alpha value is -0.730. The lowest BCUT2D eigenvalue weighted by Gasteiger charge is -2.30. The number of nitrogens with two attached hydrogens (primary N) is 1. The van der Waals surface area contributed by atoms with Crippen LogP contribution in [0.4, 0.5) is 5.69 Å². The van der Waals surface area contributed by atoms with E-state index in [4.69, 9.17) is 17.3 Å². The molecule has 1 unspecified atom stereocenters. The second-order valence-corrected chi connectivity index (χ2v) is 7.70. The average Bonchev–Trinajstić information content (AvgIpc) is 2.66. The molecule has 2 N–H and O–H groups in total. The third kappa shape index (κ3) is 4.37. The maximum absolute atomic E-state index is 6.39. The Morgan fingerprint density at radius 2 is 2.00 bits per heavy atom. The molecule has 1 saturated heterocycles. The molecule has 118 valence electrons. The molecule has 0 spiro atoms. The Morgan fingerprint density at radius 3 is 2.62 bits per heavy atom. The van der Waals surface area contributed by atoms with E-state index in [1.807, 2.05) is 0 Å². The Balaban J connectivity index is 2.07. The minimum atomic E-state index is 0.415. The molecule has 0 aliphatic carbocycles.